The third kappa shape index (κ3) is 4.29. The summed E-state index contributed by atoms with van der Waals surface area (Å²) >= 11 is 3.42. The smallest absolute Gasteiger partial charge is 0.246 e. The van der Waals surface area contributed by atoms with E-state index in [1.54, 1.807) is 7.11 Å². The first-order valence-corrected chi connectivity index (χ1v) is 7.04. The molecule has 1 aromatic heterocycles. The van der Waals surface area contributed by atoms with E-state index in [2.05, 4.69) is 36.4 Å². The van der Waals surface area contributed by atoms with Crippen LogP contribution in [0.5, 0.6) is 0 Å². The van der Waals surface area contributed by atoms with Gasteiger partial charge < -0.3 is 14.8 Å². The number of methoxy groups -OCH3 is 1. The first-order valence-electron chi connectivity index (χ1n) is 6.24. The van der Waals surface area contributed by atoms with E-state index in [0.29, 0.717) is 25.0 Å². The van der Waals surface area contributed by atoms with Crippen LogP contribution >= 0.6 is 15.9 Å². The molecule has 0 saturated carbocycles. The van der Waals surface area contributed by atoms with Gasteiger partial charge in [0.05, 0.1) is 13.2 Å². The van der Waals surface area contributed by atoms with Crippen molar-refractivity contribution < 1.29 is 9.47 Å². The molecule has 0 saturated heterocycles. The molecule has 0 radical (unpaired) electrons. The molecule has 0 aliphatic heterocycles. The van der Waals surface area contributed by atoms with Crippen molar-refractivity contribution in [2.45, 2.75) is 13.0 Å². The molecule has 1 atom stereocenters. The standard InChI is InChI=1S/C13H17BrN4O2/c1-9(20-7-6-19-2)12-16-13(18-17-12)15-11-5-3-4-10(14)8-11/h3-5,8-9H,6-7H2,1-2H3,(H2,15,16,17,18). The van der Waals surface area contributed by atoms with E-state index in [1.807, 2.05) is 31.2 Å². The highest BCUT2D eigenvalue weighted by molar-refractivity contribution is 9.10. The number of nitrogens with zero attached hydrogens (tertiary/aromatic N) is 2. The Bertz CT molecular complexity index is 547. The van der Waals surface area contributed by atoms with E-state index in [1.165, 1.54) is 0 Å². The van der Waals surface area contributed by atoms with E-state index in [-0.39, 0.29) is 6.10 Å². The number of hydrogen-bond donors (Lipinski definition) is 2. The van der Waals surface area contributed by atoms with Crippen molar-refractivity contribution in [3.8, 4) is 0 Å². The first-order chi connectivity index (χ1) is 9.69. The average Bonchev–Trinajstić information content (AvgIpc) is 2.87. The second kappa shape index (κ2) is 7.37. The maximum Gasteiger partial charge on any atom is 0.246 e. The van der Waals surface area contributed by atoms with Gasteiger partial charge >= 0.3 is 0 Å². The molecule has 0 amide bonds. The van der Waals surface area contributed by atoms with E-state index in [0.717, 1.165) is 10.2 Å². The van der Waals surface area contributed by atoms with Crippen LogP contribution in [0.2, 0.25) is 0 Å². The molecule has 1 unspecified atom stereocenters. The number of benzene rings is 1. The summed E-state index contributed by atoms with van der Waals surface area (Å²) in [7, 11) is 1.64. The Morgan fingerprint density at radius 1 is 1.40 bits per heavy atom. The molecule has 6 nitrogen and oxygen atoms in total. The summed E-state index contributed by atoms with van der Waals surface area (Å²) in [5.74, 6) is 1.19. The normalized spacial score (nSPS) is 12.3. The monoisotopic (exact) mass is 340 g/mol. The summed E-state index contributed by atoms with van der Waals surface area (Å²) < 4.78 is 11.5. The van der Waals surface area contributed by atoms with Gasteiger partial charge in [-0.25, -0.2) is 0 Å². The molecule has 2 rings (SSSR count). The summed E-state index contributed by atoms with van der Waals surface area (Å²) in [5.41, 5.74) is 0.915. The highest BCUT2D eigenvalue weighted by atomic mass is 79.9. The van der Waals surface area contributed by atoms with Crippen LogP contribution in [-0.2, 0) is 9.47 Å². The maximum atomic E-state index is 5.56. The number of halogens is 1. The Labute approximate surface area is 126 Å². The van der Waals surface area contributed by atoms with Gasteiger partial charge in [0.15, 0.2) is 5.82 Å². The van der Waals surface area contributed by atoms with Crippen LogP contribution in [0.3, 0.4) is 0 Å². The highest BCUT2D eigenvalue weighted by Crippen LogP contribution is 2.19. The molecule has 7 heteroatoms. The number of ether oxygens (including phenoxy) is 2. The quantitative estimate of drug-likeness (QED) is 0.758. The van der Waals surface area contributed by atoms with Gasteiger partial charge in [-0.1, -0.05) is 22.0 Å². The Hall–Kier alpha value is -1.44. The predicted molar refractivity (Wildman–Crippen MR) is 80.1 cm³/mol. The SMILES string of the molecule is COCCOC(C)c1nc(Nc2cccc(Br)c2)n[nH]1. The number of aromatic amines is 1. The van der Waals surface area contributed by atoms with Gasteiger partial charge in [0, 0.05) is 17.3 Å². The lowest BCUT2D eigenvalue weighted by Crippen LogP contribution is -2.07. The number of anilines is 2. The topological polar surface area (TPSA) is 72.1 Å². The van der Waals surface area contributed by atoms with Crippen molar-refractivity contribution in [3.05, 3.63) is 34.6 Å². The van der Waals surface area contributed by atoms with Crippen molar-refractivity contribution in [1.82, 2.24) is 15.2 Å². The van der Waals surface area contributed by atoms with Gasteiger partial charge in [0.2, 0.25) is 5.95 Å². The minimum absolute atomic E-state index is 0.157. The summed E-state index contributed by atoms with van der Waals surface area (Å²) in [5, 5.41) is 10.1. The van der Waals surface area contributed by atoms with Crippen molar-refractivity contribution in [1.29, 1.82) is 0 Å². The highest BCUT2D eigenvalue weighted by Gasteiger charge is 2.11. The lowest BCUT2D eigenvalue weighted by atomic mass is 10.3. The zero-order chi connectivity index (χ0) is 14.4. The predicted octanol–water partition coefficient (Wildman–Crippen LogP) is 3.03. The van der Waals surface area contributed by atoms with Gasteiger partial charge in [0.25, 0.3) is 0 Å². The minimum atomic E-state index is -0.157. The third-order valence-electron chi connectivity index (χ3n) is 2.62. The fraction of sp³-hybridized carbons (Fsp3) is 0.385. The van der Waals surface area contributed by atoms with E-state index in [9.17, 15) is 0 Å². The third-order valence-corrected chi connectivity index (χ3v) is 3.12. The molecule has 0 spiro atoms. The molecule has 2 N–H and O–H groups in total. The number of rotatable bonds is 7. The fourth-order valence-corrected chi connectivity index (χ4v) is 1.99. The molecule has 1 aromatic carbocycles. The Kier molecular flexibility index (Phi) is 5.51. The lowest BCUT2D eigenvalue weighted by molar-refractivity contribution is 0.0217. The number of H-pyrrole nitrogens is 1. The van der Waals surface area contributed by atoms with Gasteiger partial charge in [-0.15, -0.1) is 5.10 Å². The van der Waals surface area contributed by atoms with Gasteiger partial charge in [-0.05, 0) is 25.1 Å². The molecule has 20 heavy (non-hydrogen) atoms. The molecule has 0 aliphatic rings. The minimum Gasteiger partial charge on any atom is -0.382 e. The molecule has 2 aromatic rings. The largest absolute Gasteiger partial charge is 0.382 e. The van der Waals surface area contributed by atoms with Crippen LogP contribution in [0.4, 0.5) is 11.6 Å². The van der Waals surface area contributed by atoms with Gasteiger partial charge in [-0.3, -0.25) is 5.10 Å². The van der Waals surface area contributed by atoms with Crippen LogP contribution in [-0.4, -0.2) is 35.5 Å². The van der Waals surface area contributed by atoms with E-state index >= 15 is 0 Å². The van der Waals surface area contributed by atoms with E-state index < -0.39 is 0 Å². The van der Waals surface area contributed by atoms with Crippen LogP contribution in [0.1, 0.15) is 18.9 Å². The Morgan fingerprint density at radius 2 is 2.25 bits per heavy atom. The molecular weight excluding hydrogens is 324 g/mol. The lowest BCUT2D eigenvalue weighted by Gasteiger charge is -2.08. The van der Waals surface area contributed by atoms with Crippen LogP contribution in [0.25, 0.3) is 0 Å². The van der Waals surface area contributed by atoms with Crippen molar-refractivity contribution >= 4 is 27.6 Å². The zero-order valence-electron chi connectivity index (χ0n) is 11.4. The van der Waals surface area contributed by atoms with Gasteiger partial charge in [-0.2, -0.15) is 4.98 Å². The second-order valence-electron chi connectivity index (χ2n) is 4.19. The second-order valence-corrected chi connectivity index (χ2v) is 5.10. The first kappa shape index (κ1) is 15.0. The Morgan fingerprint density at radius 3 is 3.00 bits per heavy atom. The van der Waals surface area contributed by atoms with Crippen molar-refractivity contribution in [2.75, 3.05) is 25.6 Å². The van der Waals surface area contributed by atoms with Crippen LogP contribution < -0.4 is 5.32 Å². The number of hydrogen-bond acceptors (Lipinski definition) is 5. The van der Waals surface area contributed by atoms with Gasteiger partial charge in [0.1, 0.15) is 6.10 Å². The Balaban J connectivity index is 1.94. The maximum absolute atomic E-state index is 5.56. The molecule has 1 heterocycles. The van der Waals surface area contributed by atoms with Crippen molar-refractivity contribution in [2.24, 2.45) is 0 Å². The van der Waals surface area contributed by atoms with Crippen LogP contribution in [0, 0.1) is 0 Å². The summed E-state index contributed by atoms with van der Waals surface area (Å²) in [6.07, 6.45) is -0.157. The number of nitrogens with one attached hydrogen (secondary N) is 2. The molecule has 0 fully saturated rings. The van der Waals surface area contributed by atoms with Crippen molar-refractivity contribution in [3.63, 3.8) is 0 Å². The zero-order valence-corrected chi connectivity index (χ0v) is 13.0. The molecule has 0 aliphatic carbocycles. The molecular formula is C13H17BrN4O2. The van der Waals surface area contributed by atoms with Crippen LogP contribution in [0.15, 0.2) is 28.7 Å². The number of aromatic nitrogens is 3. The molecule has 108 valence electrons. The average molecular weight is 341 g/mol. The summed E-state index contributed by atoms with van der Waals surface area (Å²) in [6.45, 7) is 2.99. The molecule has 0 bridgehead atoms. The van der Waals surface area contributed by atoms with E-state index in [4.69, 9.17) is 9.47 Å². The summed E-state index contributed by atoms with van der Waals surface area (Å²) in [6, 6.07) is 7.80. The fourth-order valence-electron chi connectivity index (χ4n) is 1.59. The summed E-state index contributed by atoms with van der Waals surface area (Å²) in [4.78, 5) is 4.35.